The fourth-order valence-corrected chi connectivity index (χ4v) is 6.82. The molecule has 2 aliphatic carbocycles. The van der Waals surface area contributed by atoms with Gasteiger partial charge in [-0.2, -0.15) is 0 Å². The lowest BCUT2D eigenvalue weighted by Gasteiger charge is -2.44. The van der Waals surface area contributed by atoms with Gasteiger partial charge in [0.1, 0.15) is 0 Å². The largest absolute Gasteiger partial charge is 0.368 e. The number of pyridine rings is 1. The average molecular weight is 476 g/mol. The molecule has 3 aliphatic rings. The highest BCUT2D eigenvalue weighted by atomic mass is 16.5. The summed E-state index contributed by atoms with van der Waals surface area (Å²) >= 11 is 0. The number of likely N-dealkylation sites (tertiary alicyclic amines) is 1. The molecule has 2 fully saturated rings. The first-order chi connectivity index (χ1) is 16.6. The van der Waals surface area contributed by atoms with Gasteiger partial charge >= 0.3 is 0 Å². The Morgan fingerprint density at radius 1 is 1.03 bits per heavy atom. The highest BCUT2D eigenvalue weighted by Crippen LogP contribution is 2.69. The molecule has 1 saturated heterocycles. The molecule has 1 aliphatic heterocycles. The van der Waals surface area contributed by atoms with E-state index < -0.39 is 0 Å². The van der Waals surface area contributed by atoms with E-state index in [1.54, 1.807) is 13.1 Å². The lowest BCUT2D eigenvalue weighted by atomic mass is 9.71. The fraction of sp³-hybridized carbons (Fsp3) is 0.552. The van der Waals surface area contributed by atoms with Gasteiger partial charge in [0.2, 0.25) is 11.8 Å². The van der Waals surface area contributed by atoms with Gasteiger partial charge < -0.3 is 15.0 Å². The number of fused-ring (bicyclic) bond motifs is 2. The van der Waals surface area contributed by atoms with E-state index in [-0.39, 0.29) is 46.1 Å². The molecule has 1 N–H and O–H groups in total. The molecule has 1 aromatic carbocycles. The highest BCUT2D eigenvalue weighted by molar-refractivity contribution is 5.84. The van der Waals surface area contributed by atoms with E-state index in [4.69, 9.17) is 4.74 Å². The lowest BCUT2D eigenvalue weighted by molar-refractivity contribution is -0.137. The number of piperidine rings is 1. The predicted octanol–water partition coefficient (Wildman–Crippen LogP) is 4.40. The second-order valence-electron chi connectivity index (χ2n) is 11.7. The Kier molecular flexibility index (Phi) is 5.78. The van der Waals surface area contributed by atoms with Crippen LogP contribution in [-0.2, 0) is 26.3 Å². The summed E-state index contributed by atoms with van der Waals surface area (Å²) in [6.45, 7) is 12.1. The minimum Gasteiger partial charge on any atom is -0.368 e. The third-order valence-electron chi connectivity index (χ3n) is 9.41. The molecule has 6 nitrogen and oxygen atoms in total. The van der Waals surface area contributed by atoms with Crippen molar-refractivity contribution < 1.29 is 14.3 Å². The minimum absolute atomic E-state index is 0.0318. The second kappa shape index (κ2) is 8.44. The van der Waals surface area contributed by atoms with Crippen LogP contribution in [0.25, 0.3) is 0 Å². The van der Waals surface area contributed by atoms with Crippen LogP contribution in [0.1, 0.15) is 70.3 Å². The maximum absolute atomic E-state index is 13.5. The lowest BCUT2D eigenvalue weighted by Crippen LogP contribution is -2.52. The topological polar surface area (TPSA) is 71.5 Å². The van der Waals surface area contributed by atoms with Gasteiger partial charge in [0.25, 0.3) is 0 Å². The standard InChI is InChI=1S/C29H37N3O3/c1-19(33)31-23-21-11-6-7-12-22(21)29(25(23)35-18-20-10-8-9-15-30-20)13-16-32(17-14-29)26(34)24-27(2,3)28(24,4)5/h6-12,15,23-25H,13-14,16-18H2,1-5H3,(H,31,33)/t23-,25+/m1/s1. The second-order valence-corrected chi connectivity index (χ2v) is 11.7. The molecule has 1 saturated carbocycles. The summed E-state index contributed by atoms with van der Waals surface area (Å²) in [5, 5.41) is 3.17. The zero-order chi connectivity index (χ0) is 25.0. The van der Waals surface area contributed by atoms with E-state index in [9.17, 15) is 9.59 Å². The smallest absolute Gasteiger partial charge is 0.226 e. The number of hydrogen-bond acceptors (Lipinski definition) is 4. The molecule has 2 atom stereocenters. The number of carbonyl (C=O) groups excluding carboxylic acids is 2. The van der Waals surface area contributed by atoms with Gasteiger partial charge in [0.15, 0.2) is 0 Å². The minimum atomic E-state index is -0.260. The number of benzene rings is 1. The Bertz CT molecular complexity index is 1110. The van der Waals surface area contributed by atoms with Crippen molar-refractivity contribution in [2.24, 2.45) is 16.7 Å². The van der Waals surface area contributed by atoms with Crippen molar-refractivity contribution in [2.75, 3.05) is 13.1 Å². The number of nitrogens with zero attached hydrogens (tertiary/aromatic N) is 2. The van der Waals surface area contributed by atoms with E-state index in [1.165, 1.54) is 5.56 Å². The van der Waals surface area contributed by atoms with Crippen molar-refractivity contribution in [2.45, 2.75) is 71.6 Å². The molecule has 6 heteroatoms. The molecule has 5 rings (SSSR count). The molecule has 2 amide bonds. The van der Waals surface area contributed by atoms with Crippen molar-refractivity contribution in [1.82, 2.24) is 15.2 Å². The quantitative estimate of drug-likeness (QED) is 0.696. The Morgan fingerprint density at radius 3 is 2.29 bits per heavy atom. The highest BCUT2D eigenvalue weighted by Gasteiger charge is 2.69. The molecule has 1 spiro atoms. The van der Waals surface area contributed by atoms with Gasteiger partial charge in [-0.05, 0) is 46.9 Å². The molecule has 0 bridgehead atoms. The van der Waals surface area contributed by atoms with Gasteiger partial charge in [-0.25, -0.2) is 0 Å². The van der Waals surface area contributed by atoms with Gasteiger partial charge in [-0.1, -0.05) is 58.0 Å². The maximum atomic E-state index is 13.5. The molecular formula is C29H37N3O3. The van der Waals surface area contributed by atoms with Crippen LogP contribution in [0.4, 0.5) is 0 Å². The van der Waals surface area contributed by atoms with Crippen LogP contribution in [0, 0.1) is 16.7 Å². The summed E-state index contributed by atoms with van der Waals surface area (Å²) in [6.07, 6.45) is 3.17. The average Bonchev–Trinajstić information content (AvgIpc) is 3.12. The van der Waals surface area contributed by atoms with Gasteiger partial charge in [0.05, 0.1) is 24.4 Å². The van der Waals surface area contributed by atoms with Crippen LogP contribution in [0.3, 0.4) is 0 Å². The van der Waals surface area contributed by atoms with Crippen molar-refractivity contribution in [1.29, 1.82) is 0 Å². The molecule has 35 heavy (non-hydrogen) atoms. The number of rotatable bonds is 5. The van der Waals surface area contributed by atoms with E-state index in [0.29, 0.717) is 19.7 Å². The number of carbonyl (C=O) groups is 2. The summed E-state index contributed by atoms with van der Waals surface area (Å²) in [7, 11) is 0. The number of hydrogen-bond donors (Lipinski definition) is 1. The summed E-state index contributed by atoms with van der Waals surface area (Å²) in [5.74, 6) is 0.285. The fourth-order valence-electron chi connectivity index (χ4n) is 6.82. The van der Waals surface area contributed by atoms with Crippen molar-refractivity contribution in [3.63, 3.8) is 0 Å². The molecule has 2 heterocycles. The van der Waals surface area contributed by atoms with Crippen LogP contribution in [-0.4, -0.2) is 40.9 Å². The molecule has 0 radical (unpaired) electrons. The van der Waals surface area contributed by atoms with Crippen LogP contribution in [0.15, 0.2) is 48.7 Å². The molecule has 1 aromatic heterocycles. The Balaban J connectivity index is 1.42. The van der Waals surface area contributed by atoms with Crippen LogP contribution >= 0.6 is 0 Å². The van der Waals surface area contributed by atoms with Crippen molar-refractivity contribution in [3.8, 4) is 0 Å². The Labute approximate surface area is 208 Å². The Morgan fingerprint density at radius 2 is 1.69 bits per heavy atom. The number of aromatic nitrogens is 1. The first kappa shape index (κ1) is 24.0. The molecule has 186 valence electrons. The normalized spacial score (nSPS) is 25.8. The first-order valence-electron chi connectivity index (χ1n) is 12.8. The zero-order valence-electron chi connectivity index (χ0n) is 21.5. The predicted molar refractivity (Wildman–Crippen MR) is 134 cm³/mol. The molecule has 0 unspecified atom stereocenters. The van der Waals surface area contributed by atoms with Gasteiger partial charge in [-0.15, -0.1) is 0 Å². The van der Waals surface area contributed by atoms with E-state index >= 15 is 0 Å². The van der Waals surface area contributed by atoms with Gasteiger partial charge in [0, 0.05) is 37.5 Å². The van der Waals surface area contributed by atoms with E-state index in [2.05, 4.69) is 61.1 Å². The SMILES string of the molecule is CC(=O)N[C@@H]1c2ccccc2C2(CCN(C(=O)C3C(C)(C)C3(C)C)CC2)[C@H]1OCc1ccccn1. The Hall–Kier alpha value is -2.73. The number of amides is 2. The number of ether oxygens (including phenoxy) is 1. The van der Waals surface area contributed by atoms with E-state index in [1.807, 2.05) is 24.3 Å². The summed E-state index contributed by atoms with van der Waals surface area (Å²) < 4.78 is 6.62. The van der Waals surface area contributed by atoms with Crippen LogP contribution < -0.4 is 5.32 Å². The summed E-state index contributed by atoms with van der Waals surface area (Å²) in [4.78, 5) is 32.2. The van der Waals surface area contributed by atoms with Crippen LogP contribution in [0.5, 0.6) is 0 Å². The molecule has 2 aromatic rings. The first-order valence-corrected chi connectivity index (χ1v) is 12.8. The maximum Gasteiger partial charge on any atom is 0.226 e. The molecular weight excluding hydrogens is 438 g/mol. The van der Waals surface area contributed by atoms with Gasteiger partial charge in [-0.3, -0.25) is 14.6 Å². The van der Waals surface area contributed by atoms with Crippen LogP contribution in [0.2, 0.25) is 0 Å². The third-order valence-corrected chi connectivity index (χ3v) is 9.41. The monoisotopic (exact) mass is 475 g/mol. The van der Waals surface area contributed by atoms with E-state index in [0.717, 1.165) is 24.1 Å². The number of nitrogens with one attached hydrogen (secondary N) is 1. The van der Waals surface area contributed by atoms with Crippen molar-refractivity contribution in [3.05, 3.63) is 65.5 Å². The third kappa shape index (κ3) is 3.77. The summed E-state index contributed by atoms with van der Waals surface area (Å²) in [6, 6.07) is 14.0. The van der Waals surface area contributed by atoms with Crippen molar-refractivity contribution >= 4 is 11.8 Å². The summed E-state index contributed by atoms with van der Waals surface area (Å²) in [5.41, 5.74) is 3.03. The zero-order valence-corrected chi connectivity index (χ0v) is 21.5.